The van der Waals surface area contributed by atoms with Gasteiger partial charge in [0.05, 0.1) is 22.1 Å². The molecule has 0 atom stereocenters. The third-order valence-electron chi connectivity index (χ3n) is 4.07. The first-order valence-corrected chi connectivity index (χ1v) is 7.96. The van der Waals surface area contributed by atoms with Crippen molar-refractivity contribution >= 4 is 23.2 Å². The fourth-order valence-corrected chi connectivity index (χ4v) is 2.84. The predicted molar refractivity (Wildman–Crippen MR) is 93.8 cm³/mol. The minimum atomic E-state index is -0.521. The number of rotatable bonds is 4. The number of nitro groups is 1. The lowest BCUT2D eigenvalue weighted by Crippen LogP contribution is -2.30. The van der Waals surface area contributed by atoms with Gasteiger partial charge in [-0.1, -0.05) is 6.07 Å². The molecule has 0 fully saturated rings. The third kappa shape index (κ3) is 2.89. The number of aromatic amines is 1. The molecule has 1 aliphatic heterocycles. The zero-order valence-corrected chi connectivity index (χ0v) is 13.8. The van der Waals surface area contributed by atoms with Gasteiger partial charge in [-0.2, -0.15) is 0 Å². The number of amides is 2. The molecule has 2 heterocycles. The van der Waals surface area contributed by atoms with E-state index in [0.29, 0.717) is 11.4 Å². The van der Waals surface area contributed by atoms with Crippen LogP contribution in [0, 0.1) is 10.1 Å². The summed E-state index contributed by atoms with van der Waals surface area (Å²) in [6, 6.07) is 13.6. The second kappa shape index (κ2) is 6.34. The largest absolute Gasteiger partial charge is 0.457 e. The van der Waals surface area contributed by atoms with Crippen molar-refractivity contribution in [3.05, 3.63) is 88.2 Å². The van der Waals surface area contributed by atoms with Crippen molar-refractivity contribution in [2.75, 3.05) is 4.90 Å². The number of non-ortho nitro benzene ring substituents is 1. The monoisotopic (exact) mass is 362 g/mol. The number of nitrogens with one attached hydrogen (secondary N) is 1. The van der Waals surface area contributed by atoms with Gasteiger partial charge < -0.3 is 4.74 Å². The number of hydrogen-bond donors (Lipinski definition) is 0. The lowest BCUT2D eigenvalue weighted by molar-refractivity contribution is -0.384. The molecule has 0 radical (unpaired) electrons. The van der Waals surface area contributed by atoms with Gasteiger partial charge in [-0.15, -0.1) is 0 Å². The summed E-state index contributed by atoms with van der Waals surface area (Å²) < 4.78 is 5.63. The standard InChI is InChI=1S/C19H11N3O5/c23-18-16-7-6-15(27-14-5-1-3-12(9-14)22(25)26)10-17(16)19(24)21(18)13-4-2-8-20-11-13/h1-11H/p+1. The second-order valence-corrected chi connectivity index (χ2v) is 5.77. The topological polar surface area (TPSA) is 104 Å². The number of imide groups is 1. The maximum absolute atomic E-state index is 12.7. The Morgan fingerprint density at radius 1 is 0.926 bits per heavy atom. The number of fused-ring (bicyclic) bond motifs is 1. The fraction of sp³-hybridized carbons (Fsp3) is 0. The molecule has 0 unspecified atom stereocenters. The van der Waals surface area contributed by atoms with Crippen molar-refractivity contribution in [1.29, 1.82) is 0 Å². The molecule has 0 spiro atoms. The summed E-state index contributed by atoms with van der Waals surface area (Å²) in [5, 5.41) is 10.9. The molecule has 1 aliphatic rings. The van der Waals surface area contributed by atoms with E-state index in [2.05, 4.69) is 4.98 Å². The lowest BCUT2D eigenvalue weighted by atomic mass is 10.1. The molecule has 2 aromatic carbocycles. The van der Waals surface area contributed by atoms with Gasteiger partial charge in [0, 0.05) is 12.1 Å². The molecule has 0 bridgehead atoms. The Morgan fingerprint density at radius 3 is 2.44 bits per heavy atom. The van der Waals surface area contributed by atoms with E-state index in [-0.39, 0.29) is 22.6 Å². The van der Waals surface area contributed by atoms with E-state index < -0.39 is 16.7 Å². The van der Waals surface area contributed by atoms with E-state index in [1.807, 2.05) is 0 Å². The first-order chi connectivity index (χ1) is 13.0. The number of nitrogens with zero attached hydrogens (tertiary/aromatic N) is 2. The summed E-state index contributed by atoms with van der Waals surface area (Å²) >= 11 is 0. The van der Waals surface area contributed by atoms with Gasteiger partial charge in [-0.3, -0.25) is 19.7 Å². The predicted octanol–water partition coefficient (Wildman–Crippen LogP) is 3.00. The smallest absolute Gasteiger partial charge is 0.273 e. The maximum Gasteiger partial charge on any atom is 0.273 e. The molecule has 0 saturated carbocycles. The molecule has 1 N–H and O–H groups in total. The Hall–Kier alpha value is -4.07. The van der Waals surface area contributed by atoms with Crippen LogP contribution in [0.25, 0.3) is 0 Å². The van der Waals surface area contributed by atoms with E-state index >= 15 is 0 Å². The molecule has 0 aliphatic carbocycles. The van der Waals surface area contributed by atoms with Crippen LogP contribution < -0.4 is 14.6 Å². The number of H-pyrrole nitrogens is 1. The quantitative estimate of drug-likeness (QED) is 0.403. The molecule has 8 nitrogen and oxygen atoms in total. The van der Waals surface area contributed by atoms with Crippen LogP contribution in [0.5, 0.6) is 11.5 Å². The Balaban J connectivity index is 1.65. The maximum atomic E-state index is 12.7. The highest BCUT2D eigenvalue weighted by atomic mass is 16.6. The van der Waals surface area contributed by atoms with Crippen LogP contribution in [0.3, 0.4) is 0 Å². The second-order valence-electron chi connectivity index (χ2n) is 5.77. The Bertz CT molecular complexity index is 1080. The lowest BCUT2D eigenvalue weighted by Gasteiger charge is -2.10. The average molecular weight is 362 g/mol. The highest BCUT2D eigenvalue weighted by molar-refractivity contribution is 6.34. The summed E-state index contributed by atoms with van der Waals surface area (Å²) in [5.41, 5.74) is 0.818. The van der Waals surface area contributed by atoms with E-state index in [1.165, 1.54) is 30.3 Å². The van der Waals surface area contributed by atoms with Gasteiger partial charge in [0.1, 0.15) is 17.2 Å². The number of aromatic nitrogens is 1. The van der Waals surface area contributed by atoms with Crippen LogP contribution in [0.15, 0.2) is 67.0 Å². The summed E-state index contributed by atoms with van der Waals surface area (Å²) in [6.45, 7) is 0. The number of anilines is 1. The number of ether oxygens (including phenoxy) is 1. The van der Waals surface area contributed by atoms with Gasteiger partial charge in [0.15, 0.2) is 12.4 Å². The summed E-state index contributed by atoms with van der Waals surface area (Å²) in [4.78, 5) is 39.5. The van der Waals surface area contributed by atoms with Crippen molar-refractivity contribution in [3.8, 4) is 11.5 Å². The van der Waals surface area contributed by atoms with Gasteiger partial charge in [0.2, 0.25) is 0 Å². The molecule has 132 valence electrons. The van der Waals surface area contributed by atoms with E-state index in [4.69, 9.17) is 4.74 Å². The Labute approximate surface area is 152 Å². The highest BCUT2D eigenvalue weighted by Gasteiger charge is 2.37. The summed E-state index contributed by atoms with van der Waals surface area (Å²) in [7, 11) is 0. The first kappa shape index (κ1) is 16.4. The van der Waals surface area contributed by atoms with Crippen molar-refractivity contribution in [1.82, 2.24) is 0 Å². The van der Waals surface area contributed by atoms with Crippen LogP contribution in [0.4, 0.5) is 11.4 Å². The van der Waals surface area contributed by atoms with E-state index in [1.54, 1.807) is 36.7 Å². The number of nitro benzene ring substituents is 1. The third-order valence-corrected chi connectivity index (χ3v) is 4.07. The molecule has 8 heteroatoms. The number of carbonyl (C=O) groups is 2. The van der Waals surface area contributed by atoms with E-state index in [9.17, 15) is 19.7 Å². The first-order valence-electron chi connectivity index (χ1n) is 7.96. The number of carbonyl (C=O) groups excluding carboxylic acids is 2. The molecule has 4 rings (SSSR count). The number of hydrogen-bond acceptors (Lipinski definition) is 5. The minimum absolute atomic E-state index is 0.105. The van der Waals surface area contributed by atoms with Crippen LogP contribution in [0.1, 0.15) is 20.7 Å². The zero-order chi connectivity index (χ0) is 19.0. The van der Waals surface area contributed by atoms with Crippen LogP contribution in [-0.2, 0) is 0 Å². The van der Waals surface area contributed by atoms with Crippen LogP contribution in [-0.4, -0.2) is 16.7 Å². The van der Waals surface area contributed by atoms with Crippen LogP contribution >= 0.6 is 0 Å². The fourth-order valence-electron chi connectivity index (χ4n) is 2.84. The van der Waals surface area contributed by atoms with Crippen molar-refractivity contribution in [3.63, 3.8) is 0 Å². The molecule has 2 amide bonds. The van der Waals surface area contributed by atoms with Crippen LogP contribution in [0.2, 0.25) is 0 Å². The summed E-state index contributed by atoms with van der Waals surface area (Å²) in [5.74, 6) is -0.317. The molecule has 27 heavy (non-hydrogen) atoms. The summed E-state index contributed by atoms with van der Waals surface area (Å²) in [6.07, 6.45) is 3.23. The van der Waals surface area contributed by atoms with E-state index in [0.717, 1.165) is 4.90 Å². The molecule has 0 saturated heterocycles. The van der Waals surface area contributed by atoms with Gasteiger partial charge in [-0.05, 0) is 30.3 Å². The molecule has 1 aromatic heterocycles. The number of benzene rings is 2. The van der Waals surface area contributed by atoms with Gasteiger partial charge in [0.25, 0.3) is 17.5 Å². The zero-order valence-electron chi connectivity index (χ0n) is 13.8. The van der Waals surface area contributed by atoms with Crippen molar-refractivity contribution < 1.29 is 24.2 Å². The molecule has 3 aromatic rings. The van der Waals surface area contributed by atoms with Gasteiger partial charge in [-0.25, -0.2) is 9.88 Å². The molecular weight excluding hydrogens is 350 g/mol. The Morgan fingerprint density at radius 2 is 1.70 bits per heavy atom. The Kier molecular flexibility index (Phi) is 3.85. The molecular formula is C19H12N3O5+. The number of pyridine rings is 1. The average Bonchev–Trinajstić information content (AvgIpc) is 2.93. The highest BCUT2D eigenvalue weighted by Crippen LogP contribution is 2.32. The minimum Gasteiger partial charge on any atom is -0.457 e. The van der Waals surface area contributed by atoms with Crippen molar-refractivity contribution in [2.24, 2.45) is 0 Å². The SMILES string of the molecule is O=C1c2ccc(Oc3cccc([N+](=O)[O-])c3)cc2C(=O)N1c1ccc[nH+]c1. The van der Waals surface area contributed by atoms with Gasteiger partial charge >= 0.3 is 0 Å². The van der Waals surface area contributed by atoms with Crippen molar-refractivity contribution in [2.45, 2.75) is 0 Å². The normalized spacial score (nSPS) is 12.8.